The monoisotopic (exact) mass is 237 g/mol. The van der Waals surface area contributed by atoms with Crippen LogP contribution in [-0.2, 0) is 10.2 Å². The van der Waals surface area contributed by atoms with Crippen LogP contribution in [0.5, 0.6) is 0 Å². The minimum absolute atomic E-state index is 0.627. The van der Waals surface area contributed by atoms with Crippen molar-refractivity contribution >= 4 is 27.6 Å². The van der Waals surface area contributed by atoms with Gasteiger partial charge >= 0.3 is 5.97 Å². The Morgan fingerprint density at radius 3 is 2.94 bits per heavy atom. The number of aliphatic carboxylic acids is 1. The number of thiophene rings is 1. The summed E-state index contributed by atoms with van der Waals surface area (Å²) >= 11 is 1.50. The molecule has 0 spiro atoms. The predicted octanol–water partition coefficient (Wildman–Crippen LogP) is 2.79. The molecule has 3 rings (SSSR count). The summed E-state index contributed by atoms with van der Waals surface area (Å²) in [6.45, 7) is 0. The first kappa shape index (κ1) is 9.84. The van der Waals surface area contributed by atoms with Gasteiger partial charge in [0.2, 0.25) is 0 Å². The molecular formula is C11H11NO3S. The largest absolute Gasteiger partial charge is 0.481 e. The van der Waals surface area contributed by atoms with Crippen molar-refractivity contribution in [1.82, 2.24) is 5.16 Å². The van der Waals surface area contributed by atoms with Crippen LogP contribution < -0.4 is 0 Å². The van der Waals surface area contributed by atoms with Crippen LogP contribution >= 0.6 is 11.3 Å². The topological polar surface area (TPSA) is 63.3 Å². The van der Waals surface area contributed by atoms with Crippen molar-refractivity contribution < 1.29 is 14.4 Å². The molecule has 0 radical (unpaired) electrons. The molecule has 2 aromatic rings. The number of nitrogens with zero attached hydrogens (tertiary/aromatic N) is 1. The van der Waals surface area contributed by atoms with Crippen LogP contribution in [0.4, 0.5) is 0 Å². The van der Waals surface area contributed by atoms with E-state index in [0.29, 0.717) is 24.1 Å². The van der Waals surface area contributed by atoms with Crippen LogP contribution in [0.15, 0.2) is 16.0 Å². The Kier molecular flexibility index (Phi) is 2.04. The van der Waals surface area contributed by atoms with Gasteiger partial charge in [-0.25, -0.2) is 0 Å². The van der Waals surface area contributed by atoms with Crippen molar-refractivity contribution in [2.45, 2.75) is 31.1 Å². The lowest BCUT2D eigenvalue weighted by Crippen LogP contribution is -2.33. The van der Waals surface area contributed by atoms with Crippen LogP contribution in [0.2, 0.25) is 0 Å². The highest BCUT2D eigenvalue weighted by Gasteiger charge is 2.46. The van der Waals surface area contributed by atoms with E-state index >= 15 is 0 Å². The second-order valence-corrected chi connectivity index (χ2v) is 5.16. The molecule has 4 nitrogen and oxygen atoms in total. The number of hydrogen-bond acceptors (Lipinski definition) is 4. The first-order valence-electron chi connectivity index (χ1n) is 5.31. The van der Waals surface area contributed by atoms with Gasteiger partial charge in [0.15, 0.2) is 5.58 Å². The molecule has 1 aliphatic rings. The van der Waals surface area contributed by atoms with E-state index in [-0.39, 0.29) is 0 Å². The summed E-state index contributed by atoms with van der Waals surface area (Å²) < 4.78 is 6.07. The number of carbonyl (C=O) groups is 1. The molecule has 0 aliphatic heterocycles. The lowest BCUT2D eigenvalue weighted by molar-refractivity contribution is -0.143. The van der Waals surface area contributed by atoms with Crippen molar-refractivity contribution in [3.05, 3.63) is 17.1 Å². The Balaban J connectivity index is 2.21. The average Bonchev–Trinajstić information content (AvgIpc) is 2.93. The normalized spacial score (nSPS) is 19.2. The number of carboxylic acids is 1. The highest BCUT2D eigenvalue weighted by atomic mass is 32.1. The molecule has 84 valence electrons. The van der Waals surface area contributed by atoms with Gasteiger partial charge in [0.25, 0.3) is 0 Å². The smallest absolute Gasteiger partial charge is 0.315 e. The number of rotatable bonds is 2. The Labute approximate surface area is 95.9 Å². The van der Waals surface area contributed by atoms with E-state index in [0.717, 1.165) is 17.5 Å². The van der Waals surface area contributed by atoms with E-state index in [1.165, 1.54) is 11.3 Å². The van der Waals surface area contributed by atoms with Gasteiger partial charge in [0.05, 0.1) is 4.70 Å². The maximum absolute atomic E-state index is 11.5. The fourth-order valence-corrected chi connectivity index (χ4v) is 3.41. The third kappa shape index (κ3) is 1.15. The first-order valence-corrected chi connectivity index (χ1v) is 6.19. The molecule has 1 aliphatic carbocycles. The van der Waals surface area contributed by atoms with Crippen molar-refractivity contribution in [3.63, 3.8) is 0 Å². The van der Waals surface area contributed by atoms with Gasteiger partial charge in [-0.15, -0.1) is 11.3 Å². The van der Waals surface area contributed by atoms with Crippen LogP contribution in [0.1, 0.15) is 31.4 Å². The molecule has 0 unspecified atom stereocenters. The standard InChI is InChI=1S/C11H11NO3S/c13-10(14)11(4-1-2-5-11)9-8-7(15-12-9)3-6-16-8/h3,6H,1-2,4-5H2,(H,13,14). The molecule has 0 atom stereocenters. The Bertz CT molecular complexity index is 536. The minimum Gasteiger partial charge on any atom is -0.481 e. The van der Waals surface area contributed by atoms with E-state index in [9.17, 15) is 9.90 Å². The van der Waals surface area contributed by atoms with Crippen LogP contribution in [-0.4, -0.2) is 16.2 Å². The third-order valence-corrected chi connectivity index (χ3v) is 4.30. The molecule has 2 heterocycles. The lowest BCUT2D eigenvalue weighted by Gasteiger charge is -2.20. The van der Waals surface area contributed by atoms with Crippen LogP contribution in [0, 0.1) is 0 Å². The number of hydrogen-bond donors (Lipinski definition) is 1. The van der Waals surface area contributed by atoms with E-state index in [2.05, 4.69) is 5.16 Å². The minimum atomic E-state index is -0.809. The van der Waals surface area contributed by atoms with Gasteiger partial charge in [-0.1, -0.05) is 18.0 Å². The summed E-state index contributed by atoms with van der Waals surface area (Å²) in [5, 5.41) is 15.3. The SMILES string of the molecule is O=C(O)C1(c2noc3ccsc23)CCCC1. The quantitative estimate of drug-likeness (QED) is 0.872. The van der Waals surface area contributed by atoms with E-state index in [1.54, 1.807) is 0 Å². The second kappa shape index (κ2) is 3.31. The maximum atomic E-state index is 11.5. The lowest BCUT2D eigenvalue weighted by atomic mass is 9.83. The Morgan fingerprint density at radius 2 is 2.25 bits per heavy atom. The van der Waals surface area contributed by atoms with Crippen molar-refractivity contribution in [2.75, 3.05) is 0 Å². The molecule has 0 amide bonds. The highest BCUT2D eigenvalue weighted by Crippen LogP contribution is 2.44. The Hall–Kier alpha value is -1.36. The number of fused-ring (bicyclic) bond motifs is 1. The summed E-state index contributed by atoms with van der Waals surface area (Å²) in [5.74, 6) is -0.770. The second-order valence-electron chi connectivity index (χ2n) is 4.24. The molecule has 0 aromatic carbocycles. The van der Waals surface area contributed by atoms with Crippen LogP contribution in [0.25, 0.3) is 10.3 Å². The highest BCUT2D eigenvalue weighted by molar-refractivity contribution is 7.17. The zero-order valence-electron chi connectivity index (χ0n) is 8.60. The summed E-state index contributed by atoms with van der Waals surface area (Å²) in [6, 6.07) is 1.83. The molecule has 1 N–H and O–H groups in total. The van der Waals surface area contributed by atoms with Crippen molar-refractivity contribution in [1.29, 1.82) is 0 Å². The van der Waals surface area contributed by atoms with E-state index in [1.807, 2.05) is 11.4 Å². The van der Waals surface area contributed by atoms with E-state index < -0.39 is 11.4 Å². The van der Waals surface area contributed by atoms with Crippen LogP contribution in [0.3, 0.4) is 0 Å². The van der Waals surface area contributed by atoms with Gasteiger partial charge < -0.3 is 9.63 Å². The molecule has 5 heteroatoms. The fraction of sp³-hybridized carbons (Fsp3) is 0.455. The van der Waals surface area contributed by atoms with Gasteiger partial charge in [0, 0.05) is 0 Å². The molecule has 16 heavy (non-hydrogen) atoms. The van der Waals surface area contributed by atoms with Crippen molar-refractivity contribution in [3.8, 4) is 0 Å². The molecule has 0 saturated heterocycles. The molecule has 0 bridgehead atoms. The predicted molar refractivity (Wildman–Crippen MR) is 59.7 cm³/mol. The van der Waals surface area contributed by atoms with Crippen molar-refractivity contribution in [2.24, 2.45) is 0 Å². The fourth-order valence-electron chi connectivity index (χ4n) is 2.51. The molecule has 1 fully saturated rings. The zero-order valence-corrected chi connectivity index (χ0v) is 9.42. The Morgan fingerprint density at radius 1 is 1.50 bits per heavy atom. The van der Waals surface area contributed by atoms with Gasteiger partial charge in [-0.3, -0.25) is 4.79 Å². The third-order valence-electron chi connectivity index (χ3n) is 3.40. The number of aromatic nitrogens is 1. The van der Waals surface area contributed by atoms with Gasteiger partial charge in [0.1, 0.15) is 11.1 Å². The first-order chi connectivity index (χ1) is 7.74. The van der Waals surface area contributed by atoms with Gasteiger partial charge in [-0.05, 0) is 24.3 Å². The average molecular weight is 237 g/mol. The zero-order chi connectivity index (χ0) is 11.2. The summed E-state index contributed by atoms with van der Waals surface area (Å²) in [6.07, 6.45) is 3.24. The summed E-state index contributed by atoms with van der Waals surface area (Å²) in [4.78, 5) is 11.5. The molecular weight excluding hydrogens is 226 g/mol. The van der Waals surface area contributed by atoms with E-state index in [4.69, 9.17) is 4.52 Å². The molecule has 1 saturated carbocycles. The molecule has 2 aromatic heterocycles. The maximum Gasteiger partial charge on any atom is 0.315 e. The van der Waals surface area contributed by atoms with Gasteiger partial charge in [-0.2, -0.15) is 0 Å². The summed E-state index contributed by atoms with van der Waals surface area (Å²) in [5.41, 5.74) is 0.519. The number of carboxylic acid groups (broad SMARTS) is 1. The summed E-state index contributed by atoms with van der Waals surface area (Å²) in [7, 11) is 0.